The molecule has 5 fully saturated rings. The number of aliphatic carboxylic acids is 1. The minimum Gasteiger partial charge on any atom is -0.481 e. The van der Waals surface area contributed by atoms with Crippen LogP contribution in [0.25, 0.3) is 0 Å². The molecule has 9 heteroatoms. The van der Waals surface area contributed by atoms with Gasteiger partial charge >= 0.3 is 17.9 Å². The van der Waals surface area contributed by atoms with Gasteiger partial charge in [0, 0.05) is 23.7 Å². The molecule has 1 heterocycles. The van der Waals surface area contributed by atoms with Crippen molar-refractivity contribution in [3.05, 3.63) is 41.7 Å². The molecule has 5 aliphatic carbocycles. The molecule has 6 rings (SSSR count). The lowest BCUT2D eigenvalue weighted by molar-refractivity contribution is -0.249. The van der Waals surface area contributed by atoms with Gasteiger partial charge in [0.2, 0.25) is 5.91 Å². The van der Waals surface area contributed by atoms with E-state index >= 15 is 0 Å². The van der Waals surface area contributed by atoms with E-state index < -0.39 is 28.7 Å². The number of carboxylic acids is 2. The lowest BCUT2D eigenvalue weighted by Gasteiger charge is -2.72. The SMILES string of the molecule is C=C(C)C1CC[C@]2(C(=O)NCc3cccnc3C(=O)O)CC[C@]3(C)C(CCC4C5(C)CCC(OC(=O)CC(C)(C)C(=O)O)C(C)(C)C5CCC43C)C12. The van der Waals surface area contributed by atoms with Gasteiger partial charge in [0.25, 0.3) is 0 Å². The molecule has 1 aromatic rings. The predicted octanol–water partition coefficient (Wildman–Crippen LogP) is 8.47. The first kappa shape index (κ1) is 38.5. The number of aromatic carboxylic acids is 1. The Hall–Kier alpha value is -3.23. The number of nitrogens with zero attached hydrogens (tertiary/aromatic N) is 1. The second-order valence-electron chi connectivity index (χ2n) is 19.5. The normalized spacial score (nSPS) is 39.2. The lowest BCUT2D eigenvalue weighted by Crippen LogP contribution is -2.67. The number of esters is 1. The molecule has 1 amide bonds. The second kappa shape index (κ2) is 13.0. The van der Waals surface area contributed by atoms with E-state index in [1.807, 2.05) is 0 Å². The Morgan fingerprint density at radius 2 is 1.63 bits per heavy atom. The van der Waals surface area contributed by atoms with Crippen LogP contribution in [0.15, 0.2) is 30.5 Å². The van der Waals surface area contributed by atoms with Crippen molar-refractivity contribution in [1.29, 1.82) is 0 Å². The molecule has 52 heavy (non-hydrogen) atoms. The van der Waals surface area contributed by atoms with Gasteiger partial charge in [-0.15, -0.1) is 0 Å². The van der Waals surface area contributed by atoms with E-state index in [2.05, 4.69) is 58.4 Å². The van der Waals surface area contributed by atoms with Gasteiger partial charge in [-0.3, -0.25) is 14.4 Å². The largest absolute Gasteiger partial charge is 0.481 e. The smallest absolute Gasteiger partial charge is 0.354 e. The topological polar surface area (TPSA) is 143 Å². The number of aromatic nitrogens is 1. The van der Waals surface area contributed by atoms with Crippen LogP contribution in [0.5, 0.6) is 0 Å². The molecule has 5 saturated carbocycles. The van der Waals surface area contributed by atoms with Crippen LogP contribution in [0.2, 0.25) is 0 Å². The number of amides is 1. The van der Waals surface area contributed by atoms with E-state index in [1.54, 1.807) is 26.0 Å². The highest BCUT2D eigenvalue weighted by atomic mass is 16.5. The third-order valence-electron chi connectivity index (χ3n) is 16.4. The summed E-state index contributed by atoms with van der Waals surface area (Å²) in [6.45, 7) is 22.0. The first-order valence-electron chi connectivity index (χ1n) is 19.7. The molecule has 0 spiro atoms. The number of rotatable bonds is 9. The van der Waals surface area contributed by atoms with E-state index in [4.69, 9.17) is 4.74 Å². The Labute approximate surface area is 310 Å². The maximum Gasteiger partial charge on any atom is 0.354 e. The Morgan fingerprint density at radius 1 is 0.923 bits per heavy atom. The monoisotopic (exact) mass is 718 g/mol. The summed E-state index contributed by atoms with van der Waals surface area (Å²) in [5.41, 5.74) is -0.107. The summed E-state index contributed by atoms with van der Waals surface area (Å²) < 4.78 is 6.15. The molecule has 5 aliphatic rings. The Bertz CT molecular complexity index is 1650. The number of carbonyl (C=O) groups is 4. The number of hydrogen-bond donors (Lipinski definition) is 3. The molecule has 8 unspecified atom stereocenters. The molecular formula is C43H62N2O7. The van der Waals surface area contributed by atoms with Gasteiger partial charge in [-0.25, -0.2) is 9.78 Å². The van der Waals surface area contributed by atoms with Crippen molar-refractivity contribution < 1.29 is 34.1 Å². The molecule has 0 bridgehead atoms. The second-order valence-corrected chi connectivity index (χ2v) is 19.5. The highest BCUT2D eigenvalue weighted by Crippen LogP contribution is 2.77. The van der Waals surface area contributed by atoms with E-state index in [1.165, 1.54) is 6.20 Å². The van der Waals surface area contributed by atoms with Crippen LogP contribution in [-0.2, 0) is 25.7 Å². The minimum atomic E-state index is -1.17. The third kappa shape index (κ3) is 5.73. The summed E-state index contributed by atoms with van der Waals surface area (Å²) in [5, 5.41) is 22.5. The van der Waals surface area contributed by atoms with Gasteiger partial charge in [-0.2, -0.15) is 0 Å². The van der Waals surface area contributed by atoms with E-state index in [9.17, 15) is 29.4 Å². The molecule has 3 N–H and O–H groups in total. The van der Waals surface area contributed by atoms with Crippen molar-refractivity contribution in [3.8, 4) is 0 Å². The summed E-state index contributed by atoms with van der Waals surface area (Å²) in [4.78, 5) is 55.2. The average molecular weight is 719 g/mol. The summed E-state index contributed by atoms with van der Waals surface area (Å²) in [5.74, 6) is -0.792. The standard InChI is InChI=1S/C43H62N2O7/c1-25(2)27-14-19-43(36(49)45-24-26-11-10-22-44-34(26)35(47)48)21-20-41(8)28(33(27)43)12-13-30-40(7)17-16-31(52-32(46)23-38(3,4)37(50)51)39(5,6)29(40)15-18-42(30,41)9/h10-11,22,27-31,33H,1,12-21,23-24H2,2-9H3,(H,45,49)(H,47,48)(H,50,51)/t27?,28?,29?,30?,31?,33?,40?,41-,42?,43+/m1/s1. The van der Waals surface area contributed by atoms with Gasteiger partial charge < -0.3 is 20.3 Å². The molecule has 0 saturated heterocycles. The maximum atomic E-state index is 14.5. The first-order valence-corrected chi connectivity index (χ1v) is 19.7. The molecule has 0 aromatic carbocycles. The van der Waals surface area contributed by atoms with E-state index in [0.717, 1.165) is 69.8 Å². The molecular weight excluding hydrogens is 656 g/mol. The molecule has 9 nitrogen and oxygen atoms in total. The van der Waals surface area contributed by atoms with Crippen LogP contribution >= 0.6 is 0 Å². The summed E-state index contributed by atoms with van der Waals surface area (Å²) >= 11 is 0. The van der Waals surface area contributed by atoms with Gasteiger partial charge in [0.1, 0.15) is 6.10 Å². The number of fused-ring (bicyclic) bond motifs is 7. The quantitative estimate of drug-likeness (QED) is 0.171. The number of pyridine rings is 1. The van der Waals surface area contributed by atoms with Crippen LogP contribution in [0.4, 0.5) is 0 Å². The summed E-state index contributed by atoms with van der Waals surface area (Å²) in [6, 6.07) is 3.44. The molecule has 1 aromatic heterocycles. The van der Waals surface area contributed by atoms with Crippen LogP contribution in [-0.4, -0.2) is 45.1 Å². The van der Waals surface area contributed by atoms with Crippen molar-refractivity contribution in [1.82, 2.24) is 10.3 Å². The van der Waals surface area contributed by atoms with Crippen LogP contribution in [0.3, 0.4) is 0 Å². The van der Waals surface area contributed by atoms with Gasteiger partial charge in [-0.1, -0.05) is 52.8 Å². The zero-order chi connectivity index (χ0) is 38.2. The third-order valence-corrected chi connectivity index (χ3v) is 16.4. The number of ether oxygens (including phenoxy) is 1. The molecule has 0 radical (unpaired) electrons. The maximum absolute atomic E-state index is 14.5. The fourth-order valence-electron chi connectivity index (χ4n) is 13.5. The summed E-state index contributed by atoms with van der Waals surface area (Å²) in [6.07, 6.45) is 10.7. The minimum absolute atomic E-state index is 0.0212. The van der Waals surface area contributed by atoms with Gasteiger partial charge in [0.05, 0.1) is 17.3 Å². The molecule has 10 atom stereocenters. The van der Waals surface area contributed by atoms with Crippen LogP contribution in [0, 0.1) is 62.1 Å². The predicted molar refractivity (Wildman–Crippen MR) is 198 cm³/mol. The number of hydrogen-bond acceptors (Lipinski definition) is 6. The number of carbonyl (C=O) groups excluding carboxylic acids is 2. The number of allylic oxidation sites excluding steroid dienone is 1. The Morgan fingerprint density at radius 3 is 2.29 bits per heavy atom. The first-order chi connectivity index (χ1) is 24.2. The average Bonchev–Trinajstić information content (AvgIpc) is 3.46. The van der Waals surface area contributed by atoms with Crippen LogP contribution < -0.4 is 5.32 Å². The molecule has 286 valence electrons. The van der Waals surface area contributed by atoms with Crippen molar-refractivity contribution in [3.63, 3.8) is 0 Å². The van der Waals surface area contributed by atoms with Crippen molar-refractivity contribution >= 4 is 23.8 Å². The zero-order valence-electron chi connectivity index (χ0n) is 32.8. The lowest BCUT2D eigenvalue weighted by atomic mass is 9.32. The van der Waals surface area contributed by atoms with Gasteiger partial charge in [0.15, 0.2) is 5.69 Å². The number of nitrogens with one attached hydrogen (secondary N) is 1. The number of carboxylic acid groups (broad SMARTS) is 2. The fourth-order valence-corrected chi connectivity index (χ4v) is 13.5. The van der Waals surface area contributed by atoms with Crippen molar-refractivity contribution in [2.45, 2.75) is 139 Å². The highest BCUT2D eigenvalue weighted by Gasteiger charge is 2.72. The molecule has 0 aliphatic heterocycles. The zero-order valence-corrected chi connectivity index (χ0v) is 32.8. The fraction of sp³-hybridized carbons (Fsp3) is 0.744. The highest BCUT2D eigenvalue weighted by molar-refractivity contribution is 5.88. The Balaban J connectivity index is 1.25. The Kier molecular flexibility index (Phi) is 9.60. The van der Waals surface area contributed by atoms with Gasteiger partial charge in [-0.05, 0) is 137 Å². The van der Waals surface area contributed by atoms with Crippen LogP contribution in [0.1, 0.15) is 142 Å². The van der Waals surface area contributed by atoms with Crippen molar-refractivity contribution in [2.24, 2.45) is 62.1 Å². The van der Waals surface area contributed by atoms with E-state index in [-0.39, 0.29) is 64.2 Å². The summed E-state index contributed by atoms with van der Waals surface area (Å²) in [7, 11) is 0. The van der Waals surface area contributed by atoms with Crippen molar-refractivity contribution in [2.75, 3.05) is 0 Å². The van der Waals surface area contributed by atoms with E-state index in [0.29, 0.717) is 23.3 Å².